The number of aryl methyl sites for hydroxylation is 1. The first-order chi connectivity index (χ1) is 9.88. The van der Waals surface area contributed by atoms with Gasteiger partial charge in [0.1, 0.15) is 11.8 Å². The lowest BCUT2D eigenvalue weighted by Crippen LogP contribution is -2.42. The van der Waals surface area contributed by atoms with Gasteiger partial charge in [-0.15, -0.1) is 0 Å². The second kappa shape index (κ2) is 8.29. The minimum Gasteiger partial charge on any atom is -0.493 e. The maximum Gasteiger partial charge on any atom is 0.326 e. The van der Waals surface area contributed by atoms with E-state index in [9.17, 15) is 9.59 Å². The molecule has 0 spiro atoms. The van der Waals surface area contributed by atoms with Crippen molar-refractivity contribution in [1.82, 2.24) is 5.32 Å². The molecule has 0 aliphatic carbocycles. The molecule has 1 amide bonds. The van der Waals surface area contributed by atoms with Gasteiger partial charge in [0.25, 0.3) is 0 Å². The van der Waals surface area contributed by atoms with Crippen molar-refractivity contribution in [3.05, 3.63) is 29.8 Å². The first kappa shape index (κ1) is 17.0. The molecule has 1 rings (SSSR count). The molecule has 1 aromatic carbocycles. The number of nitrogens with one attached hydrogen (secondary N) is 1. The molecule has 116 valence electrons. The van der Waals surface area contributed by atoms with Crippen molar-refractivity contribution in [3.8, 4) is 5.75 Å². The van der Waals surface area contributed by atoms with Crippen molar-refractivity contribution < 1.29 is 19.4 Å². The summed E-state index contributed by atoms with van der Waals surface area (Å²) >= 11 is 0. The van der Waals surface area contributed by atoms with Crippen molar-refractivity contribution in [3.63, 3.8) is 0 Å². The average Bonchev–Trinajstić information content (AvgIpc) is 2.37. The van der Waals surface area contributed by atoms with Gasteiger partial charge in [0.05, 0.1) is 13.0 Å². The van der Waals surface area contributed by atoms with Crippen LogP contribution < -0.4 is 10.1 Å². The minimum absolute atomic E-state index is 0.135. The van der Waals surface area contributed by atoms with Gasteiger partial charge in [0.15, 0.2) is 0 Å². The Morgan fingerprint density at radius 2 is 2.05 bits per heavy atom. The lowest BCUT2D eigenvalue weighted by atomic mass is 10.0. The fraction of sp³-hybridized carbons (Fsp3) is 0.500. The zero-order valence-corrected chi connectivity index (χ0v) is 12.8. The Labute approximate surface area is 125 Å². The van der Waals surface area contributed by atoms with Crippen LogP contribution in [0.15, 0.2) is 24.3 Å². The SMILES string of the molecule is Cc1cccc(OCCC(=O)N[C@H](CC(C)C)C(=O)O)c1. The van der Waals surface area contributed by atoms with E-state index < -0.39 is 12.0 Å². The van der Waals surface area contributed by atoms with Crippen molar-refractivity contribution in [2.75, 3.05) is 6.61 Å². The van der Waals surface area contributed by atoms with E-state index in [1.54, 1.807) is 0 Å². The molecule has 21 heavy (non-hydrogen) atoms. The fourth-order valence-electron chi connectivity index (χ4n) is 1.93. The molecule has 5 heteroatoms. The molecular weight excluding hydrogens is 270 g/mol. The van der Waals surface area contributed by atoms with Crippen LogP contribution in [0.1, 0.15) is 32.3 Å². The van der Waals surface area contributed by atoms with Gasteiger partial charge >= 0.3 is 5.97 Å². The van der Waals surface area contributed by atoms with Crippen LogP contribution in [-0.4, -0.2) is 29.6 Å². The molecule has 2 N–H and O–H groups in total. The van der Waals surface area contributed by atoms with E-state index in [1.807, 2.05) is 45.0 Å². The smallest absolute Gasteiger partial charge is 0.326 e. The molecule has 0 bridgehead atoms. The second-order valence-electron chi connectivity index (χ2n) is 5.50. The van der Waals surface area contributed by atoms with E-state index in [0.717, 1.165) is 5.56 Å². The van der Waals surface area contributed by atoms with Crippen LogP contribution in [0.5, 0.6) is 5.75 Å². The zero-order chi connectivity index (χ0) is 15.8. The molecule has 0 radical (unpaired) electrons. The van der Waals surface area contributed by atoms with Crippen LogP contribution in [0.2, 0.25) is 0 Å². The predicted octanol–water partition coefficient (Wildman–Crippen LogP) is 2.38. The number of carbonyl (C=O) groups excluding carboxylic acids is 1. The molecule has 0 saturated heterocycles. The second-order valence-corrected chi connectivity index (χ2v) is 5.50. The third-order valence-corrected chi connectivity index (χ3v) is 2.93. The van der Waals surface area contributed by atoms with Crippen molar-refractivity contribution in [2.24, 2.45) is 5.92 Å². The lowest BCUT2D eigenvalue weighted by Gasteiger charge is -2.16. The summed E-state index contributed by atoms with van der Waals surface area (Å²) in [7, 11) is 0. The highest BCUT2D eigenvalue weighted by molar-refractivity contribution is 5.83. The number of carboxylic acids is 1. The van der Waals surface area contributed by atoms with Gasteiger partial charge in [-0.05, 0) is 37.0 Å². The Hall–Kier alpha value is -2.04. The van der Waals surface area contributed by atoms with Crippen LogP contribution in [0.3, 0.4) is 0 Å². The third-order valence-electron chi connectivity index (χ3n) is 2.93. The number of rotatable bonds is 8. The molecule has 1 aromatic rings. The molecule has 0 aromatic heterocycles. The van der Waals surface area contributed by atoms with Crippen LogP contribution in [0.4, 0.5) is 0 Å². The van der Waals surface area contributed by atoms with E-state index in [2.05, 4.69) is 5.32 Å². The van der Waals surface area contributed by atoms with E-state index in [4.69, 9.17) is 9.84 Å². The third kappa shape index (κ3) is 6.79. The number of amides is 1. The zero-order valence-electron chi connectivity index (χ0n) is 12.8. The van der Waals surface area contributed by atoms with E-state index in [0.29, 0.717) is 12.2 Å². The van der Waals surface area contributed by atoms with Crippen LogP contribution in [-0.2, 0) is 9.59 Å². The number of hydrogen-bond donors (Lipinski definition) is 2. The Bertz CT molecular complexity index is 485. The van der Waals surface area contributed by atoms with Crippen molar-refractivity contribution in [1.29, 1.82) is 0 Å². The number of carboxylic acid groups (broad SMARTS) is 1. The first-order valence-electron chi connectivity index (χ1n) is 7.10. The fourth-order valence-corrected chi connectivity index (χ4v) is 1.93. The van der Waals surface area contributed by atoms with Crippen LogP contribution in [0, 0.1) is 12.8 Å². The molecule has 0 heterocycles. The van der Waals surface area contributed by atoms with Gasteiger partial charge in [0, 0.05) is 0 Å². The predicted molar refractivity (Wildman–Crippen MR) is 80.3 cm³/mol. The standard InChI is InChI=1S/C16H23NO4/c1-11(2)9-14(16(19)20)17-15(18)7-8-21-13-6-4-5-12(3)10-13/h4-6,10-11,14H,7-9H2,1-3H3,(H,17,18)(H,19,20)/t14-/m1/s1. The van der Waals surface area contributed by atoms with Gasteiger partial charge < -0.3 is 15.2 Å². The summed E-state index contributed by atoms with van der Waals surface area (Å²) in [4.78, 5) is 22.8. The molecule has 0 fully saturated rings. The minimum atomic E-state index is -1.00. The number of carbonyl (C=O) groups is 2. The topological polar surface area (TPSA) is 75.6 Å². The van der Waals surface area contributed by atoms with Crippen LogP contribution in [0.25, 0.3) is 0 Å². The summed E-state index contributed by atoms with van der Waals surface area (Å²) in [6, 6.07) is 6.72. The highest BCUT2D eigenvalue weighted by Crippen LogP contribution is 2.12. The number of aliphatic carboxylic acids is 1. The number of benzene rings is 1. The van der Waals surface area contributed by atoms with Gasteiger partial charge in [0.2, 0.25) is 5.91 Å². The van der Waals surface area contributed by atoms with Gasteiger partial charge in [-0.25, -0.2) is 4.79 Å². The highest BCUT2D eigenvalue weighted by atomic mass is 16.5. The summed E-state index contributed by atoms with van der Waals surface area (Å²) < 4.78 is 5.47. The Morgan fingerprint density at radius 3 is 2.62 bits per heavy atom. The maximum atomic E-state index is 11.7. The Kier molecular flexibility index (Phi) is 6.72. The Balaban J connectivity index is 2.37. The van der Waals surface area contributed by atoms with E-state index >= 15 is 0 Å². The monoisotopic (exact) mass is 293 g/mol. The largest absolute Gasteiger partial charge is 0.493 e. The Morgan fingerprint density at radius 1 is 1.33 bits per heavy atom. The highest BCUT2D eigenvalue weighted by Gasteiger charge is 2.20. The maximum absolute atomic E-state index is 11.7. The quantitative estimate of drug-likeness (QED) is 0.771. The summed E-state index contributed by atoms with van der Waals surface area (Å²) in [6.07, 6.45) is 0.551. The summed E-state index contributed by atoms with van der Waals surface area (Å²) in [5.74, 6) is -0.401. The molecular formula is C16H23NO4. The molecule has 1 atom stereocenters. The molecule has 0 unspecified atom stereocenters. The molecule has 0 aliphatic rings. The lowest BCUT2D eigenvalue weighted by molar-refractivity contribution is -0.142. The van der Waals surface area contributed by atoms with Gasteiger partial charge in [-0.2, -0.15) is 0 Å². The first-order valence-corrected chi connectivity index (χ1v) is 7.10. The molecule has 0 saturated carbocycles. The van der Waals surface area contributed by atoms with E-state index in [1.165, 1.54) is 0 Å². The van der Waals surface area contributed by atoms with Crippen LogP contribution >= 0.6 is 0 Å². The van der Waals surface area contributed by atoms with Gasteiger partial charge in [-0.3, -0.25) is 4.79 Å². The molecule has 0 aliphatic heterocycles. The van der Waals surface area contributed by atoms with Crippen molar-refractivity contribution >= 4 is 11.9 Å². The van der Waals surface area contributed by atoms with Crippen molar-refractivity contribution in [2.45, 2.75) is 39.7 Å². The van der Waals surface area contributed by atoms with Gasteiger partial charge in [-0.1, -0.05) is 26.0 Å². The number of ether oxygens (including phenoxy) is 1. The average molecular weight is 293 g/mol. The summed E-state index contributed by atoms with van der Waals surface area (Å²) in [5, 5.41) is 11.6. The summed E-state index contributed by atoms with van der Waals surface area (Å²) in [6.45, 7) is 6.03. The number of hydrogen-bond acceptors (Lipinski definition) is 3. The normalized spacial score (nSPS) is 12.0. The van der Waals surface area contributed by atoms with E-state index in [-0.39, 0.29) is 24.9 Å². The molecule has 5 nitrogen and oxygen atoms in total. The summed E-state index contributed by atoms with van der Waals surface area (Å²) in [5.41, 5.74) is 1.08.